The maximum Gasteiger partial charge on any atom is 0.323 e. The third kappa shape index (κ3) is 3.37. The van der Waals surface area contributed by atoms with Crippen molar-refractivity contribution in [2.24, 2.45) is 0 Å². The van der Waals surface area contributed by atoms with Crippen molar-refractivity contribution in [2.45, 2.75) is 45.1 Å². The van der Waals surface area contributed by atoms with Crippen molar-refractivity contribution in [1.29, 1.82) is 0 Å². The van der Waals surface area contributed by atoms with Crippen LogP contribution in [0.4, 0.5) is 9.93 Å². The van der Waals surface area contributed by atoms with Crippen LogP contribution in [0.2, 0.25) is 0 Å². The van der Waals surface area contributed by atoms with Crippen LogP contribution in [-0.4, -0.2) is 28.2 Å². The molecule has 3 rings (SSSR count). The largest absolute Gasteiger partial charge is 0.323 e. The van der Waals surface area contributed by atoms with Crippen molar-refractivity contribution >= 4 is 22.5 Å². The lowest BCUT2D eigenvalue weighted by Gasteiger charge is -2.33. The summed E-state index contributed by atoms with van der Waals surface area (Å²) >= 11 is 1.44. The molecule has 2 amide bonds. The van der Waals surface area contributed by atoms with Gasteiger partial charge in [0.25, 0.3) is 0 Å². The summed E-state index contributed by atoms with van der Waals surface area (Å²) in [7, 11) is 1.85. The number of amides is 2. The molecule has 1 heterocycles. The molecular formula is C17H22N4OS. The molecule has 2 aromatic rings. The average molecular weight is 330 g/mol. The zero-order valence-corrected chi connectivity index (χ0v) is 14.6. The van der Waals surface area contributed by atoms with E-state index in [1.807, 2.05) is 13.1 Å². The first kappa shape index (κ1) is 15.9. The Bertz CT molecular complexity index is 697. The number of hydrogen-bond donors (Lipinski definition) is 1. The molecule has 0 saturated heterocycles. The number of hydrogen-bond acceptors (Lipinski definition) is 4. The number of nitrogens with one attached hydrogen (secondary N) is 1. The molecule has 1 aromatic carbocycles. The number of carbonyl (C=O) groups excluding carboxylic acids is 1. The summed E-state index contributed by atoms with van der Waals surface area (Å²) in [6.45, 7) is 4.13. The predicted molar refractivity (Wildman–Crippen MR) is 92.9 cm³/mol. The summed E-state index contributed by atoms with van der Waals surface area (Å²) < 4.78 is 0. The lowest BCUT2D eigenvalue weighted by atomic mass is 9.87. The fraction of sp³-hybridized carbons (Fsp3) is 0.471. The van der Waals surface area contributed by atoms with Crippen LogP contribution in [0.15, 0.2) is 24.3 Å². The van der Waals surface area contributed by atoms with Crippen LogP contribution in [0, 0.1) is 0 Å². The molecule has 1 aromatic heterocycles. The normalized spacial score (nSPS) is 17.0. The van der Waals surface area contributed by atoms with Gasteiger partial charge in [-0.25, -0.2) is 4.79 Å². The SMILES string of the molecule is CC(C)c1nnc(NC(=O)N(C)[C@@H]2CCCc3ccccc32)s1. The summed E-state index contributed by atoms with van der Waals surface area (Å²) in [6.07, 6.45) is 3.19. The van der Waals surface area contributed by atoms with Gasteiger partial charge < -0.3 is 4.90 Å². The smallest absolute Gasteiger partial charge is 0.320 e. The lowest BCUT2D eigenvalue weighted by Crippen LogP contribution is -2.36. The number of anilines is 1. The quantitative estimate of drug-likeness (QED) is 0.917. The van der Waals surface area contributed by atoms with Gasteiger partial charge in [0, 0.05) is 13.0 Å². The van der Waals surface area contributed by atoms with Gasteiger partial charge in [-0.1, -0.05) is 49.4 Å². The predicted octanol–water partition coefficient (Wildman–Crippen LogP) is 4.20. The summed E-state index contributed by atoms with van der Waals surface area (Å²) in [6, 6.07) is 8.39. The van der Waals surface area contributed by atoms with Gasteiger partial charge in [-0.15, -0.1) is 10.2 Å². The Morgan fingerprint density at radius 3 is 2.87 bits per heavy atom. The topological polar surface area (TPSA) is 58.1 Å². The van der Waals surface area contributed by atoms with E-state index in [2.05, 4.69) is 47.6 Å². The number of nitrogens with zero attached hydrogens (tertiary/aromatic N) is 3. The van der Waals surface area contributed by atoms with Crippen LogP contribution < -0.4 is 5.32 Å². The Hall–Kier alpha value is -1.95. The molecule has 23 heavy (non-hydrogen) atoms. The van der Waals surface area contributed by atoms with Crippen molar-refractivity contribution < 1.29 is 4.79 Å². The molecule has 5 nitrogen and oxygen atoms in total. The maximum atomic E-state index is 12.6. The highest BCUT2D eigenvalue weighted by atomic mass is 32.1. The van der Waals surface area contributed by atoms with Crippen molar-refractivity contribution in [2.75, 3.05) is 12.4 Å². The minimum absolute atomic E-state index is 0.123. The summed E-state index contributed by atoms with van der Waals surface area (Å²) in [5.41, 5.74) is 2.61. The molecule has 122 valence electrons. The number of carbonyl (C=O) groups is 1. The van der Waals surface area contributed by atoms with Crippen LogP contribution in [0.1, 0.15) is 54.8 Å². The fourth-order valence-corrected chi connectivity index (χ4v) is 3.71. The summed E-state index contributed by atoms with van der Waals surface area (Å²) in [4.78, 5) is 14.3. The second kappa shape index (κ2) is 6.66. The molecule has 1 aliphatic rings. The third-order valence-electron chi connectivity index (χ3n) is 4.27. The number of urea groups is 1. The molecule has 0 bridgehead atoms. The minimum atomic E-state index is -0.127. The Morgan fingerprint density at radius 1 is 1.35 bits per heavy atom. The summed E-state index contributed by atoms with van der Waals surface area (Å²) in [5.74, 6) is 0.320. The monoisotopic (exact) mass is 330 g/mol. The first-order valence-electron chi connectivity index (χ1n) is 8.01. The second-order valence-electron chi connectivity index (χ2n) is 6.25. The van der Waals surface area contributed by atoms with Gasteiger partial charge in [0.15, 0.2) is 0 Å². The van der Waals surface area contributed by atoms with Gasteiger partial charge in [0.2, 0.25) is 5.13 Å². The van der Waals surface area contributed by atoms with Gasteiger partial charge in [-0.3, -0.25) is 5.32 Å². The number of rotatable bonds is 3. The zero-order chi connectivity index (χ0) is 16.4. The minimum Gasteiger partial charge on any atom is -0.320 e. The van der Waals surface area contributed by atoms with Gasteiger partial charge in [0.1, 0.15) is 5.01 Å². The van der Waals surface area contributed by atoms with Crippen molar-refractivity contribution in [3.63, 3.8) is 0 Å². The number of aryl methyl sites for hydroxylation is 1. The van der Waals surface area contributed by atoms with E-state index >= 15 is 0 Å². The molecule has 0 unspecified atom stereocenters. The van der Waals surface area contributed by atoms with E-state index < -0.39 is 0 Å². The Balaban J connectivity index is 1.72. The molecule has 1 aliphatic carbocycles. The molecule has 1 N–H and O–H groups in total. The van der Waals surface area contributed by atoms with E-state index in [1.165, 1.54) is 22.5 Å². The molecule has 0 aliphatic heterocycles. The number of benzene rings is 1. The highest BCUT2D eigenvalue weighted by Crippen LogP contribution is 2.33. The average Bonchev–Trinajstić information content (AvgIpc) is 3.02. The molecule has 0 spiro atoms. The zero-order valence-electron chi connectivity index (χ0n) is 13.7. The van der Waals surface area contributed by atoms with E-state index in [1.54, 1.807) is 4.90 Å². The molecule has 0 fully saturated rings. The van der Waals surface area contributed by atoms with Crippen LogP contribution in [-0.2, 0) is 6.42 Å². The number of aromatic nitrogens is 2. The molecule has 0 radical (unpaired) electrons. The lowest BCUT2D eigenvalue weighted by molar-refractivity contribution is 0.197. The maximum absolute atomic E-state index is 12.6. The van der Waals surface area contributed by atoms with E-state index in [0.717, 1.165) is 24.3 Å². The highest BCUT2D eigenvalue weighted by molar-refractivity contribution is 7.15. The molecule has 6 heteroatoms. The van der Waals surface area contributed by atoms with Crippen LogP contribution in [0.5, 0.6) is 0 Å². The summed E-state index contributed by atoms with van der Waals surface area (Å²) in [5, 5.41) is 12.5. The van der Waals surface area contributed by atoms with Gasteiger partial charge in [-0.05, 0) is 30.4 Å². The fourth-order valence-electron chi connectivity index (χ4n) is 2.97. The van der Waals surface area contributed by atoms with Gasteiger partial charge >= 0.3 is 6.03 Å². The van der Waals surface area contributed by atoms with Crippen molar-refractivity contribution in [3.8, 4) is 0 Å². The highest BCUT2D eigenvalue weighted by Gasteiger charge is 2.27. The molecule has 1 atom stereocenters. The standard InChI is InChI=1S/C17H22N4OS/c1-11(2)15-19-20-16(23-15)18-17(22)21(3)14-10-6-8-12-7-4-5-9-13(12)14/h4-5,7,9,11,14H,6,8,10H2,1-3H3,(H,18,20,22)/t14-/m1/s1. The van der Waals surface area contributed by atoms with Crippen LogP contribution >= 0.6 is 11.3 Å². The Labute approximate surface area is 140 Å². The van der Waals surface area contributed by atoms with Gasteiger partial charge in [0.05, 0.1) is 6.04 Å². The van der Waals surface area contributed by atoms with E-state index in [-0.39, 0.29) is 12.1 Å². The van der Waals surface area contributed by atoms with E-state index in [9.17, 15) is 4.79 Å². The second-order valence-corrected chi connectivity index (χ2v) is 7.26. The van der Waals surface area contributed by atoms with E-state index in [0.29, 0.717) is 11.0 Å². The Morgan fingerprint density at radius 2 is 2.13 bits per heavy atom. The van der Waals surface area contributed by atoms with Crippen molar-refractivity contribution in [1.82, 2.24) is 15.1 Å². The Kier molecular flexibility index (Phi) is 4.61. The van der Waals surface area contributed by atoms with E-state index in [4.69, 9.17) is 0 Å². The first-order chi connectivity index (χ1) is 11.1. The van der Waals surface area contributed by atoms with Crippen LogP contribution in [0.25, 0.3) is 0 Å². The molecule has 0 saturated carbocycles. The van der Waals surface area contributed by atoms with Crippen molar-refractivity contribution in [3.05, 3.63) is 40.4 Å². The third-order valence-corrected chi connectivity index (χ3v) is 5.41. The number of fused-ring (bicyclic) bond motifs is 1. The van der Waals surface area contributed by atoms with Crippen LogP contribution in [0.3, 0.4) is 0 Å². The first-order valence-corrected chi connectivity index (χ1v) is 8.83. The van der Waals surface area contributed by atoms with Gasteiger partial charge in [-0.2, -0.15) is 0 Å². The molecular weight excluding hydrogens is 308 g/mol.